The number of hydrogen-bond donors (Lipinski definition) is 2. The fraction of sp³-hybridized carbons (Fsp3) is 0.267. The van der Waals surface area contributed by atoms with Crippen molar-refractivity contribution in [3.05, 3.63) is 47.0 Å². The molecule has 3 aromatic rings. The minimum absolute atomic E-state index is 0.0922. The van der Waals surface area contributed by atoms with Gasteiger partial charge in [0, 0.05) is 22.7 Å². The number of aromatic nitrogens is 4. The number of hydrogen-bond acceptors (Lipinski definition) is 5. The van der Waals surface area contributed by atoms with Crippen LogP contribution in [0, 0.1) is 0 Å². The lowest BCUT2D eigenvalue weighted by molar-refractivity contribution is 0.310. The van der Waals surface area contributed by atoms with Crippen molar-refractivity contribution in [1.82, 2.24) is 20.2 Å². The summed E-state index contributed by atoms with van der Waals surface area (Å²) >= 11 is 1.66. The van der Waals surface area contributed by atoms with E-state index >= 15 is 0 Å². The number of aromatic amines is 2. The molecule has 7 heteroatoms. The Morgan fingerprint density at radius 2 is 2.14 bits per heavy atom. The van der Waals surface area contributed by atoms with Crippen molar-refractivity contribution >= 4 is 22.7 Å². The average molecular weight is 316 g/mol. The number of nitrogens with one attached hydrogen (secondary N) is 2. The molecule has 0 unspecified atom stereocenters. The van der Waals surface area contributed by atoms with Crippen LogP contribution in [-0.4, -0.2) is 32.5 Å². The van der Waals surface area contributed by atoms with Crippen molar-refractivity contribution < 1.29 is 4.74 Å². The molecular formula is C15H16N4O2S. The maximum absolute atomic E-state index is 11.2. The molecular weight excluding hydrogens is 300 g/mol. The largest absolute Gasteiger partial charge is 0.494 e. The number of pyridine rings is 1. The Hall–Kier alpha value is -2.28. The van der Waals surface area contributed by atoms with Crippen LogP contribution in [0.1, 0.15) is 12.8 Å². The van der Waals surface area contributed by atoms with Crippen LogP contribution in [0.3, 0.4) is 0 Å². The van der Waals surface area contributed by atoms with Gasteiger partial charge < -0.3 is 9.72 Å². The topological polar surface area (TPSA) is 83.7 Å². The normalized spacial score (nSPS) is 10.9. The summed E-state index contributed by atoms with van der Waals surface area (Å²) in [4.78, 5) is 18.1. The fourth-order valence-electron chi connectivity index (χ4n) is 2.05. The summed E-state index contributed by atoms with van der Waals surface area (Å²) in [5.74, 6) is 1.81. The van der Waals surface area contributed by atoms with Crippen molar-refractivity contribution in [1.29, 1.82) is 0 Å². The number of benzene rings is 1. The first kappa shape index (κ1) is 14.6. The van der Waals surface area contributed by atoms with Crippen LogP contribution in [-0.2, 0) is 0 Å². The lowest BCUT2D eigenvalue weighted by Crippen LogP contribution is -2.02. The molecule has 0 atom stereocenters. The molecule has 0 aliphatic rings. The van der Waals surface area contributed by atoms with Gasteiger partial charge in [0.2, 0.25) is 5.56 Å². The van der Waals surface area contributed by atoms with Gasteiger partial charge in [-0.3, -0.25) is 9.89 Å². The first-order valence-electron chi connectivity index (χ1n) is 7.05. The van der Waals surface area contributed by atoms with E-state index in [0.29, 0.717) is 6.61 Å². The van der Waals surface area contributed by atoms with Crippen molar-refractivity contribution in [3.8, 4) is 5.75 Å². The van der Waals surface area contributed by atoms with E-state index in [0.717, 1.165) is 40.4 Å². The zero-order valence-electron chi connectivity index (χ0n) is 11.9. The van der Waals surface area contributed by atoms with Gasteiger partial charge in [-0.05, 0) is 37.1 Å². The van der Waals surface area contributed by atoms with Crippen LogP contribution < -0.4 is 10.3 Å². The highest BCUT2D eigenvalue weighted by Gasteiger charge is 2.00. The predicted octanol–water partition coefficient (Wildman–Crippen LogP) is 2.60. The van der Waals surface area contributed by atoms with Crippen LogP contribution in [0.5, 0.6) is 5.75 Å². The van der Waals surface area contributed by atoms with Crippen molar-refractivity contribution in [2.45, 2.75) is 18.0 Å². The number of H-pyrrole nitrogens is 2. The highest BCUT2D eigenvalue weighted by Crippen LogP contribution is 2.19. The Labute approximate surface area is 131 Å². The number of nitrogens with zero attached hydrogens (tertiary/aromatic N) is 2. The van der Waals surface area contributed by atoms with E-state index in [9.17, 15) is 4.79 Å². The number of fused-ring (bicyclic) bond motifs is 1. The second-order valence-electron chi connectivity index (χ2n) is 4.77. The molecule has 0 spiro atoms. The molecule has 1 aromatic carbocycles. The summed E-state index contributed by atoms with van der Waals surface area (Å²) in [6, 6.07) is 9.00. The highest BCUT2D eigenvalue weighted by atomic mass is 32.2. The third-order valence-corrected chi connectivity index (χ3v) is 4.10. The highest BCUT2D eigenvalue weighted by molar-refractivity contribution is 7.99. The predicted molar refractivity (Wildman–Crippen MR) is 86.4 cm³/mol. The first-order valence-corrected chi connectivity index (χ1v) is 8.04. The molecule has 3 rings (SSSR count). The quantitative estimate of drug-likeness (QED) is 0.517. The molecule has 2 N–H and O–H groups in total. The summed E-state index contributed by atoms with van der Waals surface area (Å²) in [5.41, 5.74) is 0.730. The van der Waals surface area contributed by atoms with E-state index in [1.165, 1.54) is 12.4 Å². The van der Waals surface area contributed by atoms with Gasteiger partial charge in [0.1, 0.15) is 12.1 Å². The molecule has 0 bridgehead atoms. The van der Waals surface area contributed by atoms with Gasteiger partial charge >= 0.3 is 0 Å². The van der Waals surface area contributed by atoms with Crippen LogP contribution in [0.2, 0.25) is 0 Å². The second-order valence-corrected chi connectivity index (χ2v) is 5.85. The summed E-state index contributed by atoms with van der Waals surface area (Å²) in [6.07, 6.45) is 3.54. The standard InChI is InChI=1S/C15H16N4O2S/c20-14-6-3-11-9-12(4-5-13(11)18-14)21-7-1-2-8-22-15-16-10-17-19-15/h3-6,9-10H,1-2,7-8H2,(H,18,20)(H,16,17,19). The third-order valence-electron chi connectivity index (χ3n) is 3.13. The Morgan fingerprint density at radius 3 is 3.00 bits per heavy atom. The van der Waals surface area contributed by atoms with Gasteiger partial charge in [-0.15, -0.1) is 0 Å². The molecule has 2 heterocycles. The van der Waals surface area contributed by atoms with Crippen LogP contribution >= 0.6 is 11.8 Å². The van der Waals surface area contributed by atoms with E-state index < -0.39 is 0 Å². The molecule has 0 aliphatic carbocycles. The Bertz CT molecular complexity index is 786. The van der Waals surface area contributed by atoms with Gasteiger partial charge in [0.25, 0.3) is 0 Å². The van der Waals surface area contributed by atoms with E-state index in [-0.39, 0.29) is 5.56 Å². The van der Waals surface area contributed by atoms with Crippen LogP contribution in [0.15, 0.2) is 46.6 Å². The van der Waals surface area contributed by atoms with Crippen LogP contribution in [0.4, 0.5) is 0 Å². The second kappa shape index (κ2) is 7.13. The number of unbranched alkanes of at least 4 members (excludes halogenated alkanes) is 1. The fourth-order valence-corrected chi connectivity index (χ4v) is 2.83. The summed E-state index contributed by atoms with van der Waals surface area (Å²) in [7, 11) is 0. The molecule has 0 aliphatic heterocycles. The van der Waals surface area contributed by atoms with Gasteiger partial charge in [0.15, 0.2) is 5.16 Å². The van der Waals surface area contributed by atoms with E-state index in [1.54, 1.807) is 17.8 Å². The average Bonchev–Trinajstić information content (AvgIpc) is 3.04. The Morgan fingerprint density at radius 1 is 1.18 bits per heavy atom. The summed E-state index contributed by atoms with van der Waals surface area (Å²) in [6.45, 7) is 0.672. The number of thioether (sulfide) groups is 1. The first-order chi connectivity index (χ1) is 10.8. The lowest BCUT2D eigenvalue weighted by Gasteiger charge is -2.07. The maximum atomic E-state index is 11.2. The van der Waals surface area contributed by atoms with Crippen molar-refractivity contribution in [2.75, 3.05) is 12.4 Å². The SMILES string of the molecule is O=c1ccc2cc(OCCCCSc3ncn[nH]3)ccc2[nH]1. The summed E-state index contributed by atoms with van der Waals surface area (Å²) in [5, 5.41) is 8.45. The monoisotopic (exact) mass is 316 g/mol. The molecule has 114 valence electrons. The van der Waals surface area contributed by atoms with Gasteiger partial charge in [-0.25, -0.2) is 4.98 Å². The van der Waals surface area contributed by atoms with Crippen LogP contribution in [0.25, 0.3) is 10.9 Å². The Balaban J connectivity index is 1.43. The van der Waals surface area contributed by atoms with E-state index in [4.69, 9.17) is 4.74 Å². The molecule has 0 radical (unpaired) electrons. The minimum Gasteiger partial charge on any atom is -0.494 e. The Kier molecular flexibility index (Phi) is 4.75. The third kappa shape index (κ3) is 3.88. The van der Waals surface area contributed by atoms with Gasteiger partial charge in [0.05, 0.1) is 6.61 Å². The smallest absolute Gasteiger partial charge is 0.248 e. The zero-order chi connectivity index (χ0) is 15.2. The minimum atomic E-state index is -0.0922. The number of rotatable bonds is 7. The van der Waals surface area contributed by atoms with E-state index in [2.05, 4.69) is 20.2 Å². The van der Waals surface area contributed by atoms with E-state index in [1.807, 2.05) is 18.2 Å². The summed E-state index contributed by atoms with van der Waals surface area (Å²) < 4.78 is 5.74. The van der Waals surface area contributed by atoms with Crippen molar-refractivity contribution in [2.24, 2.45) is 0 Å². The zero-order valence-corrected chi connectivity index (χ0v) is 12.7. The molecule has 0 fully saturated rings. The van der Waals surface area contributed by atoms with Gasteiger partial charge in [-0.1, -0.05) is 11.8 Å². The molecule has 22 heavy (non-hydrogen) atoms. The molecule has 0 saturated heterocycles. The molecule has 0 saturated carbocycles. The maximum Gasteiger partial charge on any atom is 0.248 e. The molecule has 0 amide bonds. The van der Waals surface area contributed by atoms with Gasteiger partial charge in [-0.2, -0.15) is 5.10 Å². The number of ether oxygens (including phenoxy) is 1. The lowest BCUT2D eigenvalue weighted by atomic mass is 10.2. The molecule has 6 nitrogen and oxygen atoms in total. The molecule has 2 aromatic heterocycles. The van der Waals surface area contributed by atoms with Crippen molar-refractivity contribution in [3.63, 3.8) is 0 Å².